The van der Waals surface area contributed by atoms with Crippen LogP contribution in [0, 0.1) is 17.7 Å². The summed E-state index contributed by atoms with van der Waals surface area (Å²) in [7, 11) is 0. The van der Waals surface area contributed by atoms with E-state index in [9.17, 15) is 22.4 Å². The first-order valence-corrected chi connectivity index (χ1v) is 14.2. The van der Waals surface area contributed by atoms with E-state index in [1.165, 1.54) is 6.42 Å². The van der Waals surface area contributed by atoms with Gasteiger partial charge in [-0.05, 0) is 72.1 Å². The molecule has 0 spiro atoms. The van der Waals surface area contributed by atoms with E-state index in [-0.39, 0.29) is 18.0 Å². The maximum atomic E-state index is 14.8. The Labute approximate surface area is 232 Å². The molecule has 2 aliphatic carbocycles. The molecule has 1 aromatic heterocycles. The number of nitrogens with zero attached hydrogens (tertiary/aromatic N) is 1. The second kappa shape index (κ2) is 10.8. The Hall–Kier alpha value is -2.69. The quantitative estimate of drug-likeness (QED) is 0.164. The Bertz CT molecular complexity index is 1290. The van der Waals surface area contributed by atoms with Gasteiger partial charge in [-0.2, -0.15) is 13.2 Å². The number of carbonyl (C=O) groups excluding carboxylic acids is 1. The predicted molar refractivity (Wildman–Crippen MR) is 145 cm³/mol. The highest BCUT2D eigenvalue weighted by molar-refractivity contribution is 14.1. The van der Waals surface area contributed by atoms with Gasteiger partial charge in [-0.15, -0.1) is 0 Å². The van der Waals surface area contributed by atoms with Crippen molar-refractivity contribution >= 4 is 28.6 Å². The minimum Gasteiger partial charge on any atom is -0.335 e. The van der Waals surface area contributed by atoms with Crippen LogP contribution in [0.5, 0.6) is 0 Å². The molecule has 38 heavy (non-hydrogen) atoms. The number of hydrogen-bond donors (Lipinski definition) is 2. The van der Waals surface area contributed by atoms with Gasteiger partial charge in [-0.25, -0.2) is 9.18 Å². The fourth-order valence-electron chi connectivity index (χ4n) is 6.00. The third kappa shape index (κ3) is 5.67. The minimum absolute atomic E-state index is 0.00998. The molecule has 1 heterocycles. The van der Waals surface area contributed by atoms with Crippen molar-refractivity contribution in [1.82, 2.24) is 15.6 Å². The van der Waals surface area contributed by atoms with Crippen molar-refractivity contribution < 1.29 is 22.4 Å². The fourth-order valence-corrected chi connectivity index (χ4v) is 6.45. The van der Waals surface area contributed by atoms with E-state index < -0.39 is 29.1 Å². The molecule has 9 heteroatoms. The fraction of sp³-hybridized carbons (Fsp3) is 0.379. The van der Waals surface area contributed by atoms with Gasteiger partial charge in [0.15, 0.2) is 0 Å². The first-order valence-electron chi connectivity index (χ1n) is 12.7. The number of aromatic nitrogens is 1. The lowest BCUT2D eigenvalue weighted by Crippen LogP contribution is -2.55. The largest absolute Gasteiger partial charge is 0.416 e. The van der Waals surface area contributed by atoms with Crippen LogP contribution in [0.3, 0.4) is 0 Å². The van der Waals surface area contributed by atoms with Crippen molar-refractivity contribution in [2.45, 2.75) is 54.3 Å². The molecular formula is C29H28F4IN3O. The summed E-state index contributed by atoms with van der Waals surface area (Å²) >= 11 is 2.20. The van der Waals surface area contributed by atoms with Crippen LogP contribution in [0.25, 0.3) is 0 Å². The van der Waals surface area contributed by atoms with Crippen LogP contribution in [-0.4, -0.2) is 17.1 Å². The van der Waals surface area contributed by atoms with Crippen molar-refractivity contribution in [2.75, 3.05) is 0 Å². The van der Waals surface area contributed by atoms with Gasteiger partial charge >= 0.3 is 12.2 Å². The summed E-state index contributed by atoms with van der Waals surface area (Å²) < 4.78 is 56.9. The molecule has 0 unspecified atom stereocenters. The number of pyridine rings is 1. The van der Waals surface area contributed by atoms with E-state index in [2.05, 4.69) is 38.2 Å². The third-order valence-corrected chi connectivity index (χ3v) is 8.71. The lowest BCUT2D eigenvalue weighted by molar-refractivity contribution is -0.137. The van der Waals surface area contributed by atoms with Gasteiger partial charge in [0.2, 0.25) is 0 Å². The molecule has 4 atom stereocenters. The van der Waals surface area contributed by atoms with Crippen molar-refractivity contribution in [3.05, 3.63) is 101 Å². The average molecular weight is 637 g/mol. The van der Waals surface area contributed by atoms with Crippen LogP contribution in [0.15, 0.2) is 66.9 Å². The predicted octanol–water partition coefficient (Wildman–Crippen LogP) is 7.15. The number of rotatable bonds is 7. The van der Waals surface area contributed by atoms with Gasteiger partial charge < -0.3 is 10.6 Å². The van der Waals surface area contributed by atoms with Crippen LogP contribution in [0.4, 0.5) is 22.4 Å². The number of halogens is 5. The molecule has 0 radical (unpaired) electrons. The molecule has 200 valence electrons. The standard InChI is InChI=1S/C29H28F4IN3O/c30-24-13-22(12-23(14-24)29(31,32)33)28(15-18-4-2-1-3-5-18,26-9-7-20(16-34)17-35-26)37-27(38)36-25-11-19-6-8-21(25)10-19/h1-5,7,9,12-14,17,19,21,25H,6,8,10-11,15-16H2,(H2,36,37,38)/t19-,21+,25+,28+/m1/s1. The Balaban J connectivity index is 1.63. The van der Waals surface area contributed by atoms with Crippen molar-refractivity contribution in [3.8, 4) is 0 Å². The molecule has 3 aromatic rings. The molecule has 2 aliphatic rings. The van der Waals surface area contributed by atoms with Crippen molar-refractivity contribution in [1.29, 1.82) is 0 Å². The highest BCUT2D eigenvalue weighted by Gasteiger charge is 2.43. The summed E-state index contributed by atoms with van der Waals surface area (Å²) in [5, 5.41) is 6.07. The first-order chi connectivity index (χ1) is 18.2. The highest BCUT2D eigenvalue weighted by Crippen LogP contribution is 2.44. The molecule has 2 N–H and O–H groups in total. The number of nitrogens with one attached hydrogen (secondary N) is 2. The number of carbonyl (C=O) groups is 1. The van der Waals surface area contributed by atoms with E-state index in [1.54, 1.807) is 12.3 Å². The number of amides is 2. The monoisotopic (exact) mass is 637 g/mol. The molecule has 2 bridgehead atoms. The van der Waals surface area contributed by atoms with Crippen LogP contribution in [0.1, 0.15) is 53.6 Å². The minimum atomic E-state index is -4.76. The van der Waals surface area contributed by atoms with E-state index in [4.69, 9.17) is 0 Å². The van der Waals surface area contributed by atoms with E-state index in [0.717, 1.165) is 42.5 Å². The number of alkyl halides is 4. The molecule has 0 aliphatic heterocycles. The summed E-state index contributed by atoms with van der Waals surface area (Å²) in [6.07, 6.45) is 1.15. The number of fused-ring (bicyclic) bond motifs is 2. The average Bonchev–Trinajstić information content (AvgIpc) is 3.51. The summed E-state index contributed by atoms with van der Waals surface area (Å²) in [5.41, 5.74) is -0.697. The highest BCUT2D eigenvalue weighted by atomic mass is 127. The molecule has 2 fully saturated rings. The maximum absolute atomic E-state index is 14.8. The maximum Gasteiger partial charge on any atom is 0.416 e. The van der Waals surface area contributed by atoms with Gasteiger partial charge in [0.05, 0.1) is 11.3 Å². The molecule has 0 saturated heterocycles. The summed E-state index contributed by atoms with van der Waals surface area (Å²) in [5.74, 6) is -0.0350. The van der Waals surface area contributed by atoms with Gasteiger partial charge in [-0.3, -0.25) is 4.98 Å². The van der Waals surface area contributed by atoms with E-state index in [0.29, 0.717) is 28.0 Å². The zero-order chi connectivity index (χ0) is 26.9. The van der Waals surface area contributed by atoms with E-state index >= 15 is 0 Å². The SMILES string of the molecule is O=C(N[C@H]1C[C@@H]2CC[C@H]1C2)N[C@@](Cc1ccccc1)(c1cc(F)cc(C(F)(F)F)c1)c1ccc(CI)cn1. The van der Waals surface area contributed by atoms with Crippen LogP contribution in [0.2, 0.25) is 0 Å². The van der Waals surface area contributed by atoms with Crippen LogP contribution >= 0.6 is 22.6 Å². The summed E-state index contributed by atoms with van der Waals surface area (Å²) in [6.45, 7) is 0. The van der Waals surface area contributed by atoms with Crippen LogP contribution in [-0.2, 0) is 22.6 Å². The van der Waals surface area contributed by atoms with Crippen molar-refractivity contribution in [2.24, 2.45) is 11.8 Å². The molecular weight excluding hydrogens is 609 g/mol. The van der Waals surface area contributed by atoms with Gasteiger partial charge in [0.25, 0.3) is 0 Å². The Kier molecular flexibility index (Phi) is 7.66. The zero-order valence-electron chi connectivity index (χ0n) is 20.6. The smallest absolute Gasteiger partial charge is 0.335 e. The Morgan fingerprint density at radius 3 is 2.34 bits per heavy atom. The first kappa shape index (κ1) is 26.9. The summed E-state index contributed by atoms with van der Waals surface area (Å²) in [4.78, 5) is 18.1. The number of urea groups is 1. The molecule has 2 saturated carbocycles. The molecule has 2 amide bonds. The number of benzene rings is 2. The second-order valence-electron chi connectivity index (χ2n) is 10.4. The van der Waals surface area contributed by atoms with Gasteiger partial charge in [0.1, 0.15) is 11.4 Å². The summed E-state index contributed by atoms with van der Waals surface area (Å²) in [6, 6.07) is 14.6. The van der Waals surface area contributed by atoms with Gasteiger partial charge in [-0.1, -0.05) is 65.4 Å². The lowest BCUT2D eigenvalue weighted by Gasteiger charge is -2.37. The van der Waals surface area contributed by atoms with E-state index in [1.807, 2.05) is 36.4 Å². The van der Waals surface area contributed by atoms with Crippen LogP contribution < -0.4 is 10.6 Å². The molecule has 4 nitrogen and oxygen atoms in total. The third-order valence-electron chi connectivity index (χ3n) is 7.83. The zero-order valence-corrected chi connectivity index (χ0v) is 22.7. The molecule has 5 rings (SSSR count). The van der Waals surface area contributed by atoms with Crippen molar-refractivity contribution in [3.63, 3.8) is 0 Å². The normalized spacial score (nSPS) is 22.2. The topological polar surface area (TPSA) is 54.0 Å². The number of hydrogen-bond acceptors (Lipinski definition) is 2. The Morgan fingerprint density at radius 2 is 1.74 bits per heavy atom. The Morgan fingerprint density at radius 1 is 0.974 bits per heavy atom. The molecule has 2 aromatic carbocycles. The van der Waals surface area contributed by atoms with Gasteiger partial charge in [0, 0.05) is 23.1 Å². The lowest BCUT2D eigenvalue weighted by atomic mass is 9.79. The second-order valence-corrected chi connectivity index (χ2v) is 11.1.